The van der Waals surface area contributed by atoms with E-state index in [9.17, 15) is 31.1 Å². The zero-order chi connectivity index (χ0) is 21.9. The van der Waals surface area contributed by atoms with Crippen LogP contribution in [0.1, 0.15) is 11.4 Å². The molecule has 0 unspecified atom stereocenters. The minimum absolute atomic E-state index is 0.0432. The van der Waals surface area contributed by atoms with E-state index in [1.807, 2.05) is 0 Å². The number of ether oxygens (including phenoxy) is 1. The number of rotatable bonds is 6. The molecule has 0 bridgehead atoms. The molecule has 3 aromatic rings. The van der Waals surface area contributed by atoms with Gasteiger partial charge in [0.25, 0.3) is 0 Å². The maximum atomic E-state index is 12.9. The van der Waals surface area contributed by atoms with Crippen molar-refractivity contribution in [1.82, 2.24) is 14.9 Å². The molecule has 1 heterocycles. The average Bonchev–Trinajstić information content (AvgIpc) is 3.12. The second-order valence-electron chi connectivity index (χ2n) is 6.29. The summed E-state index contributed by atoms with van der Waals surface area (Å²) >= 11 is 0. The highest BCUT2D eigenvalue weighted by Gasteiger charge is 2.42. The Morgan fingerprint density at radius 1 is 1.00 bits per heavy atom. The lowest BCUT2D eigenvalue weighted by molar-refractivity contribution is -0.186. The number of imidazole rings is 1. The molecule has 0 saturated heterocycles. The summed E-state index contributed by atoms with van der Waals surface area (Å²) in [6.45, 7) is -1.10. The molecule has 0 aliphatic carbocycles. The lowest BCUT2D eigenvalue weighted by Crippen LogP contribution is -2.42. The third-order valence-corrected chi connectivity index (χ3v) is 4.11. The molecule has 0 aliphatic rings. The van der Waals surface area contributed by atoms with E-state index in [1.165, 1.54) is 18.2 Å². The van der Waals surface area contributed by atoms with Crippen molar-refractivity contribution in [1.29, 1.82) is 0 Å². The summed E-state index contributed by atoms with van der Waals surface area (Å²) in [7, 11) is 0. The van der Waals surface area contributed by atoms with Crippen molar-refractivity contribution in [2.45, 2.75) is 18.9 Å². The Kier molecular flexibility index (Phi) is 5.90. The highest BCUT2D eigenvalue weighted by Crippen LogP contribution is 2.31. The largest absolute Gasteiger partial charge is 0.489 e. The summed E-state index contributed by atoms with van der Waals surface area (Å²) in [4.78, 5) is 17.9. The van der Waals surface area contributed by atoms with Gasteiger partial charge in [-0.05, 0) is 17.7 Å². The molecule has 2 aromatic carbocycles. The van der Waals surface area contributed by atoms with Crippen LogP contribution in [0.25, 0.3) is 11.0 Å². The fraction of sp³-hybridized carbons (Fsp3) is 0.263. The number of H-pyrrole nitrogens is 1. The van der Waals surface area contributed by atoms with E-state index < -0.39 is 30.6 Å². The van der Waals surface area contributed by atoms with Gasteiger partial charge in [0.05, 0.1) is 12.1 Å². The third kappa shape index (κ3) is 5.02. The van der Waals surface area contributed by atoms with Gasteiger partial charge in [0, 0.05) is 6.54 Å². The number of para-hydroxylation sites is 1. The van der Waals surface area contributed by atoms with Crippen molar-refractivity contribution in [2.75, 3.05) is 13.2 Å². The molecule has 11 heteroatoms. The van der Waals surface area contributed by atoms with Crippen LogP contribution >= 0.6 is 0 Å². The van der Waals surface area contributed by atoms with E-state index in [-0.39, 0.29) is 29.9 Å². The summed E-state index contributed by atoms with van der Waals surface area (Å²) in [6, 6.07) is 12.2. The predicted molar refractivity (Wildman–Crippen MR) is 94.5 cm³/mol. The molecule has 1 N–H and O–H groups in total. The Hall–Kier alpha value is -3.24. The van der Waals surface area contributed by atoms with Gasteiger partial charge in [0.15, 0.2) is 0 Å². The highest BCUT2D eigenvalue weighted by atomic mass is 19.4. The average molecular weight is 431 g/mol. The number of halogens is 6. The number of carbonyl (C=O) groups is 1. The monoisotopic (exact) mass is 431 g/mol. The number of hydrogen-bond donors (Lipinski definition) is 1. The van der Waals surface area contributed by atoms with Gasteiger partial charge in [-0.15, -0.1) is 0 Å². The zero-order valence-corrected chi connectivity index (χ0v) is 15.2. The maximum absolute atomic E-state index is 12.9. The molecule has 0 radical (unpaired) electrons. The Labute approximate surface area is 166 Å². The van der Waals surface area contributed by atoms with Gasteiger partial charge in [0.1, 0.15) is 17.9 Å². The van der Waals surface area contributed by atoms with Crippen LogP contribution in [0.5, 0.6) is 5.75 Å². The number of hydrogen-bond acceptors (Lipinski definition) is 3. The quantitative estimate of drug-likeness (QED) is 0.583. The third-order valence-electron chi connectivity index (χ3n) is 4.11. The Bertz CT molecular complexity index is 1010. The first kappa shape index (κ1) is 21.5. The van der Waals surface area contributed by atoms with Crippen molar-refractivity contribution in [3.8, 4) is 5.75 Å². The topological polar surface area (TPSA) is 58.2 Å². The maximum Gasteiger partial charge on any atom is 0.471 e. The summed E-state index contributed by atoms with van der Waals surface area (Å²) in [5.41, 5.74) is 0.438. The van der Waals surface area contributed by atoms with E-state index in [0.717, 1.165) is 0 Å². The van der Waals surface area contributed by atoms with Crippen molar-refractivity contribution < 1.29 is 35.9 Å². The first-order valence-electron chi connectivity index (χ1n) is 8.64. The molecular formula is C19H15F6N3O2. The lowest BCUT2D eigenvalue weighted by atomic mass is 10.2. The fourth-order valence-corrected chi connectivity index (χ4v) is 2.76. The Morgan fingerprint density at radius 3 is 2.33 bits per heavy atom. The van der Waals surface area contributed by atoms with Gasteiger partial charge in [-0.3, -0.25) is 4.79 Å². The standard InChI is InChI=1S/C19H15F6N3O2/c20-18(21,22)16-26-13-7-4-8-14(15(13)27-16)30-10-9-28(17(29)19(23,24)25)11-12-5-2-1-3-6-12/h1-8H,9-11H2,(H,26,27). The zero-order valence-electron chi connectivity index (χ0n) is 15.2. The molecule has 5 nitrogen and oxygen atoms in total. The number of aromatic amines is 1. The van der Waals surface area contributed by atoms with Gasteiger partial charge in [-0.2, -0.15) is 26.3 Å². The molecule has 1 aromatic heterocycles. The normalized spacial score (nSPS) is 12.2. The van der Waals surface area contributed by atoms with E-state index in [2.05, 4.69) is 9.97 Å². The van der Waals surface area contributed by atoms with Gasteiger partial charge < -0.3 is 14.6 Å². The van der Waals surface area contributed by atoms with Crippen molar-refractivity contribution in [3.63, 3.8) is 0 Å². The molecule has 0 fully saturated rings. The number of aromatic nitrogens is 2. The molecule has 1 amide bonds. The van der Waals surface area contributed by atoms with E-state index >= 15 is 0 Å². The van der Waals surface area contributed by atoms with Gasteiger partial charge in [0.2, 0.25) is 5.82 Å². The van der Waals surface area contributed by atoms with Crippen LogP contribution in [-0.2, 0) is 17.5 Å². The first-order valence-corrected chi connectivity index (χ1v) is 8.64. The molecule has 0 saturated carbocycles. The SMILES string of the molecule is O=C(N(CCOc1cccc2[nH]c(C(F)(F)F)nc12)Cc1ccccc1)C(F)(F)F. The van der Waals surface area contributed by atoms with E-state index in [1.54, 1.807) is 30.3 Å². The first-order chi connectivity index (χ1) is 14.1. The fourth-order valence-electron chi connectivity index (χ4n) is 2.76. The van der Waals surface area contributed by atoms with Crippen LogP contribution in [0.3, 0.4) is 0 Å². The summed E-state index contributed by atoms with van der Waals surface area (Å²) in [5, 5.41) is 0. The van der Waals surface area contributed by atoms with E-state index in [4.69, 9.17) is 4.74 Å². The number of nitrogens with one attached hydrogen (secondary N) is 1. The van der Waals surface area contributed by atoms with Crippen LogP contribution < -0.4 is 4.74 Å². The lowest BCUT2D eigenvalue weighted by Gasteiger charge is -2.24. The highest BCUT2D eigenvalue weighted by molar-refractivity contribution is 5.82. The minimum atomic E-state index is -5.07. The van der Waals surface area contributed by atoms with Crippen LogP contribution in [0, 0.1) is 0 Å². The van der Waals surface area contributed by atoms with Crippen LogP contribution in [-0.4, -0.2) is 40.1 Å². The number of amides is 1. The van der Waals surface area contributed by atoms with Gasteiger partial charge in [-0.1, -0.05) is 36.4 Å². The Morgan fingerprint density at radius 2 is 1.70 bits per heavy atom. The Balaban J connectivity index is 1.74. The van der Waals surface area contributed by atoms with Crippen molar-refractivity contribution >= 4 is 16.9 Å². The number of carbonyl (C=O) groups excluding carboxylic acids is 1. The molecule has 30 heavy (non-hydrogen) atoms. The summed E-state index contributed by atoms with van der Waals surface area (Å²) in [6.07, 6.45) is -9.76. The smallest absolute Gasteiger partial charge is 0.471 e. The van der Waals surface area contributed by atoms with Gasteiger partial charge >= 0.3 is 18.3 Å². The number of nitrogens with zero attached hydrogens (tertiary/aromatic N) is 2. The number of alkyl halides is 6. The second kappa shape index (κ2) is 8.25. The molecule has 3 rings (SSSR count). The van der Waals surface area contributed by atoms with Crippen molar-refractivity contribution in [3.05, 3.63) is 59.9 Å². The second-order valence-corrected chi connectivity index (χ2v) is 6.29. The van der Waals surface area contributed by atoms with Gasteiger partial charge in [-0.25, -0.2) is 4.98 Å². The molecule has 0 spiro atoms. The van der Waals surface area contributed by atoms with Crippen LogP contribution in [0.15, 0.2) is 48.5 Å². The minimum Gasteiger partial charge on any atom is -0.489 e. The number of fused-ring (bicyclic) bond motifs is 1. The number of benzene rings is 2. The van der Waals surface area contributed by atoms with E-state index in [0.29, 0.717) is 10.5 Å². The molecule has 0 aliphatic heterocycles. The van der Waals surface area contributed by atoms with Crippen LogP contribution in [0.2, 0.25) is 0 Å². The molecular weight excluding hydrogens is 416 g/mol. The summed E-state index contributed by atoms with van der Waals surface area (Å²) in [5.74, 6) is -3.29. The van der Waals surface area contributed by atoms with Crippen LogP contribution in [0.4, 0.5) is 26.3 Å². The molecule has 160 valence electrons. The van der Waals surface area contributed by atoms with Crippen molar-refractivity contribution in [2.24, 2.45) is 0 Å². The molecule has 0 atom stereocenters. The summed E-state index contributed by atoms with van der Waals surface area (Å²) < 4.78 is 82.6. The predicted octanol–water partition coefficient (Wildman–Crippen LogP) is 4.55.